The Morgan fingerprint density at radius 3 is 2.63 bits per heavy atom. The fourth-order valence-electron chi connectivity index (χ4n) is 2.78. The van der Waals surface area contributed by atoms with Gasteiger partial charge in [-0.1, -0.05) is 0 Å². The van der Waals surface area contributed by atoms with E-state index in [0.29, 0.717) is 23.6 Å². The van der Waals surface area contributed by atoms with E-state index < -0.39 is 27.6 Å². The maximum absolute atomic E-state index is 12.6. The minimum atomic E-state index is -1.56. The van der Waals surface area contributed by atoms with Crippen LogP contribution in [0.5, 0.6) is 11.5 Å². The van der Waals surface area contributed by atoms with E-state index in [0.717, 1.165) is 0 Å². The zero-order valence-electron chi connectivity index (χ0n) is 18.5. The predicted octanol–water partition coefficient (Wildman–Crippen LogP) is 2.57. The number of aliphatic hydroxyl groups excluding tert-OH is 1. The largest absolute Gasteiger partial charge is 0.507 e. The van der Waals surface area contributed by atoms with Gasteiger partial charge in [0.15, 0.2) is 5.79 Å². The number of methoxy groups -OCH3 is 1. The molecule has 1 fully saturated rings. The first-order valence-corrected chi connectivity index (χ1v) is 11.0. The zero-order valence-corrected chi connectivity index (χ0v) is 19.3. The topological polar surface area (TPSA) is 107 Å². The van der Waals surface area contributed by atoms with Gasteiger partial charge in [0.05, 0.1) is 43.5 Å². The van der Waals surface area contributed by atoms with Gasteiger partial charge in [-0.3, -0.25) is 0 Å². The first-order valence-electron chi connectivity index (χ1n) is 9.86. The molecule has 0 aliphatic carbocycles. The van der Waals surface area contributed by atoms with E-state index in [4.69, 9.17) is 18.9 Å². The number of ether oxygens (including phenoxy) is 4. The van der Waals surface area contributed by atoms with Crippen molar-refractivity contribution in [3.05, 3.63) is 23.8 Å². The van der Waals surface area contributed by atoms with Crippen molar-refractivity contribution in [2.75, 3.05) is 26.9 Å². The number of rotatable bonds is 9. The standard InChI is InChI=1S/C21H33NO7S/c1-20(2,3)30(25)22-18(17-8-7-15(26-6)10-19(17)24)9-14(23)11-27-12-16-13-28-21(4,5)29-16/h7-8,10,14,16,23-24H,9,11-13H2,1-6H3/t14-,16+,30+/m1/s1. The highest BCUT2D eigenvalue weighted by atomic mass is 32.2. The lowest BCUT2D eigenvalue weighted by Gasteiger charge is -2.19. The maximum Gasteiger partial charge on any atom is 0.163 e. The van der Waals surface area contributed by atoms with Crippen LogP contribution in [0.4, 0.5) is 0 Å². The van der Waals surface area contributed by atoms with Crippen LogP contribution in [0.2, 0.25) is 0 Å². The van der Waals surface area contributed by atoms with Crippen LogP contribution in [-0.4, -0.2) is 69.8 Å². The molecule has 30 heavy (non-hydrogen) atoms. The zero-order chi connectivity index (χ0) is 22.5. The van der Waals surface area contributed by atoms with Crippen LogP contribution in [-0.2, 0) is 25.2 Å². The molecule has 0 radical (unpaired) electrons. The van der Waals surface area contributed by atoms with Crippen LogP contribution in [0.3, 0.4) is 0 Å². The molecular weight excluding hydrogens is 410 g/mol. The summed E-state index contributed by atoms with van der Waals surface area (Å²) < 4.78 is 38.2. The average Bonchev–Trinajstić information content (AvgIpc) is 2.99. The molecular formula is C21H33NO7S. The van der Waals surface area contributed by atoms with Gasteiger partial charge in [0.25, 0.3) is 0 Å². The summed E-state index contributed by atoms with van der Waals surface area (Å²) in [6.45, 7) is 9.85. The summed E-state index contributed by atoms with van der Waals surface area (Å²) in [7, 11) is -0.0595. The van der Waals surface area contributed by atoms with Gasteiger partial charge >= 0.3 is 0 Å². The summed E-state index contributed by atoms with van der Waals surface area (Å²) >= 11 is 0. The highest BCUT2D eigenvalue weighted by molar-refractivity contribution is 7.85. The summed E-state index contributed by atoms with van der Waals surface area (Å²) in [4.78, 5) is 0. The van der Waals surface area contributed by atoms with Crippen molar-refractivity contribution in [3.63, 3.8) is 0 Å². The Morgan fingerprint density at radius 2 is 2.10 bits per heavy atom. The van der Waals surface area contributed by atoms with E-state index in [9.17, 15) is 14.4 Å². The maximum atomic E-state index is 12.6. The Kier molecular flexibility index (Phi) is 8.41. The van der Waals surface area contributed by atoms with E-state index in [1.54, 1.807) is 12.1 Å². The summed E-state index contributed by atoms with van der Waals surface area (Å²) in [5.41, 5.74) is 0.725. The lowest BCUT2D eigenvalue weighted by Crippen LogP contribution is -2.27. The second kappa shape index (κ2) is 10.2. The molecule has 2 N–H and O–H groups in total. The van der Waals surface area contributed by atoms with E-state index in [2.05, 4.69) is 4.40 Å². The van der Waals surface area contributed by atoms with Gasteiger partial charge in [-0.25, -0.2) is 4.21 Å². The van der Waals surface area contributed by atoms with Crippen LogP contribution >= 0.6 is 0 Å². The fraction of sp³-hybridized carbons (Fsp3) is 0.667. The SMILES string of the molecule is COc1ccc(C(C[C@@H](O)COC[C@H]2COC(C)(C)O2)=N[S@@](=O)C(C)(C)C)c(O)c1. The number of hydrogen-bond donors (Lipinski definition) is 2. The number of nitrogens with zero attached hydrogens (tertiary/aromatic N) is 1. The molecule has 1 aliphatic rings. The van der Waals surface area contributed by atoms with Crippen LogP contribution in [0, 0.1) is 0 Å². The molecule has 1 aromatic rings. The average molecular weight is 444 g/mol. The third-order valence-electron chi connectivity index (χ3n) is 4.34. The molecule has 2 rings (SSSR count). The van der Waals surface area contributed by atoms with Gasteiger partial charge in [-0.15, -0.1) is 0 Å². The Labute approximate surface area is 180 Å². The number of hydrogen-bond acceptors (Lipinski definition) is 7. The third-order valence-corrected chi connectivity index (χ3v) is 5.78. The smallest absolute Gasteiger partial charge is 0.163 e. The number of phenols is 1. The van der Waals surface area contributed by atoms with Crippen molar-refractivity contribution in [3.8, 4) is 11.5 Å². The Bertz CT molecular complexity index is 773. The summed E-state index contributed by atoms with van der Waals surface area (Å²) in [6, 6.07) is 4.76. The summed E-state index contributed by atoms with van der Waals surface area (Å²) in [5, 5.41) is 20.9. The van der Waals surface area contributed by atoms with Crippen molar-refractivity contribution in [2.45, 2.75) is 63.8 Å². The minimum absolute atomic E-state index is 0.0401. The van der Waals surface area contributed by atoms with Crippen LogP contribution in [0.1, 0.15) is 46.6 Å². The number of aromatic hydroxyl groups is 1. The lowest BCUT2D eigenvalue weighted by atomic mass is 10.0. The van der Waals surface area contributed by atoms with Gasteiger partial charge < -0.3 is 29.2 Å². The lowest BCUT2D eigenvalue weighted by molar-refractivity contribution is -0.146. The molecule has 3 atom stereocenters. The molecule has 0 aromatic heterocycles. The fourth-order valence-corrected chi connectivity index (χ4v) is 3.43. The number of phenolic OH excluding ortho intramolecular Hbond substituents is 1. The molecule has 0 bridgehead atoms. The second-order valence-corrected chi connectivity index (χ2v) is 10.5. The molecule has 1 saturated heterocycles. The Morgan fingerprint density at radius 1 is 1.40 bits per heavy atom. The molecule has 170 valence electrons. The third kappa shape index (κ3) is 7.31. The minimum Gasteiger partial charge on any atom is -0.507 e. The van der Waals surface area contributed by atoms with Gasteiger partial charge in [-0.05, 0) is 46.8 Å². The van der Waals surface area contributed by atoms with Crippen LogP contribution in [0.25, 0.3) is 0 Å². The molecule has 0 spiro atoms. The Balaban J connectivity index is 2.07. The van der Waals surface area contributed by atoms with E-state index in [-0.39, 0.29) is 31.5 Å². The molecule has 1 aliphatic heterocycles. The number of aliphatic hydroxyl groups is 1. The summed E-state index contributed by atoms with van der Waals surface area (Å²) in [5.74, 6) is -0.209. The molecule has 0 unspecified atom stereocenters. The molecule has 1 heterocycles. The molecule has 0 saturated carbocycles. The van der Waals surface area contributed by atoms with E-state index in [1.165, 1.54) is 13.2 Å². The molecule has 0 amide bonds. The highest BCUT2D eigenvalue weighted by Gasteiger charge is 2.32. The van der Waals surface area contributed by atoms with Crippen molar-refractivity contribution >= 4 is 16.7 Å². The monoisotopic (exact) mass is 443 g/mol. The van der Waals surface area contributed by atoms with Crippen LogP contribution < -0.4 is 4.74 Å². The molecule has 9 heteroatoms. The Hall–Kier alpha value is -1.52. The van der Waals surface area contributed by atoms with E-state index >= 15 is 0 Å². The predicted molar refractivity (Wildman–Crippen MR) is 115 cm³/mol. The molecule has 1 aromatic carbocycles. The second-order valence-electron chi connectivity index (χ2n) is 8.63. The highest BCUT2D eigenvalue weighted by Crippen LogP contribution is 2.27. The van der Waals surface area contributed by atoms with Crippen LogP contribution in [0.15, 0.2) is 22.6 Å². The van der Waals surface area contributed by atoms with Gasteiger partial charge in [0.2, 0.25) is 0 Å². The van der Waals surface area contributed by atoms with Gasteiger partial charge in [-0.2, -0.15) is 4.40 Å². The molecule has 8 nitrogen and oxygen atoms in total. The first kappa shape index (κ1) is 24.7. The van der Waals surface area contributed by atoms with Gasteiger partial charge in [0.1, 0.15) is 28.6 Å². The van der Waals surface area contributed by atoms with Crippen molar-refractivity contribution < 1.29 is 33.4 Å². The quantitative estimate of drug-likeness (QED) is 0.565. The normalized spacial score (nSPS) is 21.4. The summed E-state index contributed by atoms with van der Waals surface area (Å²) in [6.07, 6.45) is -1.04. The van der Waals surface area contributed by atoms with Crippen molar-refractivity contribution in [1.82, 2.24) is 0 Å². The van der Waals surface area contributed by atoms with E-state index in [1.807, 2.05) is 34.6 Å². The van der Waals surface area contributed by atoms with Crippen molar-refractivity contribution in [2.24, 2.45) is 4.40 Å². The first-order chi connectivity index (χ1) is 13.9. The number of benzene rings is 1. The van der Waals surface area contributed by atoms with Gasteiger partial charge in [0, 0.05) is 18.1 Å². The van der Waals surface area contributed by atoms with Crippen molar-refractivity contribution in [1.29, 1.82) is 0 Å².